The molecule has 5 nitrogen and oxygen atoms in total. The summed E-state index contributed by atoms with van der Waals surface area (Å²) in [5.41, 5.74) is 2.69. The molecule has 1 unspecified atom stereocenters. The first-order valence-electron chi connectivity index (χ1n) is 7.89. The number of ether oxygens (including phenoxy) is 1. The molecule has 0 spiro atoms. The maximum Gasteiger partial charge on any atom is 0.254 e. The van der Waals surface area contributed by atoms with Gasteiger partial charge in [0.25, 0.3) is 5.91 Å². The summed E-state index contributed by atoms with van der Waals surface area (Å²) in [6.45, 7) is 6.15. The molecule has 120 valence electrons. The Hall–Kier alpha value is -2.43. The van der Waals surface area contributed by atoms with Gasteiger partial charge in [0, 0.05) is 5.39 Å². The second-order valence-corrected chi connectivity index (χ2v) is 5.97. The highest BCUT2D eigenvalue weighted by molar-refractivity contribution is 6.13. The van der Waals surface area contributed by atoms with Crippen LogP contribution in [0.15, 0.2) is 29.4 Å². The van der Waals surface area contributed by atoms with Crippen LogP contribution in [0.25, 0.3) is 10.9 Å². The van der Waals surface area contributed by atoms with Crippen LogP contribution in [-0.4, -0.2) is 23.7 Å². The van der Waals surface area contributed by atoms with Crippen LogP contribution in [0.4, 0.5) is 5.82 Å². The highest BCUT2D eigenvalue weighted by Gasteiger charge is 2.29. The van der Waals surface area contributed by atoms with Gasteiger partial charge >= 0.3 is 0 Å². The average molecular weight is 311 g/mol. The van der Waals surface area contributed by atoms with Gasteiger partial charge in [0.15, 0.2) is 5.82 Å². The summed E-state index contributed by atoms with van der Waals surface area (Å²) < 4.78 is 5.25. The van der Waals surface area contributed by atoms with E-state index in [0.717, 1.165) is 34.3 Å². The lowest BCUT2D eigenvalue weighted by Crippen LogP contribution is -2.21. The maximum absolute atomic E-state index is 12.3. The van der Waals surface area contributed by atoms with Crippen LogP contribution in [0.5, 0.6) is 5.75 Å². The molecule has 1 aliphatic heterocycles. The van der Waals surface area contributed by atoms with Gasteiger partial charge in [-0.2, -0.15) is 10.1 Å². The number of aryl methyl sites for hydroxylation is 1. The summed E-state index contributed by atoms with van der Waals surface area (Å²) in [5.74, 6) is 1.71. The molecule has 1 aromatic carbocycles. The smallest absolute Gasteiger partial charge is 0.254 e. The number of fused-ring (bicyclic) bond motifs is 1. The Bertz CT molecular complexity index is 798. The molecule has 0 radical (unpaired) electrons. The van der Waals surface area contributed by atoms with Crippen LogP contribution in [0.3, 0.4) is 0 Å². The van der Waals surface area contributed by atoms with Gasteiger partial charge in [-0.25, -0.2) is 4.98 Å². The van der Waals surface area contributed by atoms with Crippen molar-refractivity contribution in [2.45, 2.75) is 33.6 Å². The zero-order chi connectivity index (χ0) is 16.6. The van der Waals surface area contributed by atoms with E-state index < -0.39 is 0 Å². The van der Waals surface area contributed by atoms with Gasteiger partial charge in [-0.1, -0.05) is 13.8 Å². The number of pyridine rings is 1. The first-order valence-corrected chi connectivity index (χ1v) is 7.89. The highest BCUT2D eigenvalue weighted by atomic mass is 16.5. The van der Waals surface area contributed by atoms with E-state index in [1.165, 1.54) is 5.01 Å². The number of hydrogen-bond acceptors (Lipinski definition) is 4. The van der Waals surface area contributed by atoms with E-state index >= 15 is 0 Å². The van der Waals surface area contributed by atoms with Gasteiger partial charge in [-0.3, -0.25) is 4.79 Å². The van der Waals surface area contributed by atoms with Crippen LogP contribution < -0.4 is 9.75 Å². The number of anilines is 1. The fourth-order valence-corrected chi connectivity index (χ4v) is 2.71. The predicted molar refractivity (Wildman–Crippen MR) is 92.0 cm³/mol. The Morgan fingerprint density at radius 3 is 2.83 bits per heavy atom. The second kappa shape index (κ2) is 5.99. The molecule has 23 heavy (non-hydrogen) atoms. The Labute approximate surface area is 136 Å². The number of aromatic nitrogens is 1. The molecule has 5 heteroatoms. The molecule has 3 rings (SSSR count). The van der Waals surface area contributed by atoms with Crippen molar-refractivity contribution in [2.75, 3.05) is 12.1 Å². The number of methoxy groups -OCH3 is 1. The van der Waals surface area contributed by atoms with Crippen molar-refractivity contribution in [3.05, 3.63) is 29.8 Å². The third-order valence-electron chi connectivity index (χ3n) is 4.36. The Morgan fingerprint density at radius 2 is 2.13 bits per heavy atom. The second-order valence-electron chi connectivity index (χ2n) is 5.97. The number of nitrogens with zero attached hydrogens (tertiary/aromatic N) is 3. The first kappa shape index (κ1) is 15.5. The molecule has 0 aliphatic carbocycles. The minimum absolute atomic E-state index is 0.0104. The lowest BCUT2D eigenvalue weighted by molar-refractivity contribution is -0.117. The summed E-state index contributed by atoms with van der Waals surface area (Å²) in [4.78, 5) is 17.0. The van der Waals surface area contributed by atoms with Crippen LogP contribution in [-0.2, 0) is 4.79 Å². The van der Waals surface area contributed by atoms with E-state index in [1.807, 2.05) is 31.2 Å². The van der Waals surface area contributed by atoms with Crippen LogP contribution in [0.2, 0.25) is 0 Å². The van der Waals surface area contributed by atoms with Crippen LogP contribution in [0.1, 0.15) is 32.3 Å². The molecule has 1 atom stereocenters. The van der Waals surface area contributed by atoms with E-state index in [9.17, 15) is 4.79 Å². The summed E-state index contributed by atoms with van der Waals surface area (Å²) in [5, 5.41) is 6.97. The third kappa shape index (κ3) is 2.79. The SMILES string of the molecule is CCC(C)C1=NN(c2nc3ccc(OC)cc3cc2C)C(=O)C1. The van der Waals surface area contributed by atoms with Crippen molar-refractivity contribution in [2.24, 2.45) is 11.0 Å². The molecule has 2 aromatic rings. The van der Waals surface area contributed by atoms with Gasteiger partial charge in [0.05, 0.1) is 24.8 Å². The molecule has 0 fully saturated rings. The van der Waals surface area contributed by atoms with Crippen molar-refractivity contribution < 1.29 is 9.53 Å². The monoisotopic (exact) mass is 311 g/mol. The molecule has 2 heterocycles. The number of rotatable bonds is 4. The van der Waals surface area contributed by atoms with Gasteiger partial charge in [-0.05, 0) is 49.1 Å². The molecule has 0 N–H and O–H groups in total. The minimum atomic E-state index is -0.0104. The summed E-state index contributed by atoms with van der Waals surface area (Å²) in [6, 6.07) is 7.73. The summed E-state index contributed by atoms with van der Waals surface area (Å²) in [6.07, 6.45) is 1.36. The average Bonchev–Trinajstić information content (AvgIpc) is 2.94. The zero-order valence-corrected chi connectivity index (χ0v) is 14.0. The molecule has 0 saturated carbocycles. The van der Waals surface area contributed by atoms with Crippen molar-refractivity contribution in [3.63, 3.8) is 0 Å². The molecular weight excluding hydrogens is 290 g/mol. The maximum atomic E-state index is 12.3. The van der Waals surface area contributed by atoms with E-state index in [2.05, 4.69) is 23.9 Å². The fourth-order valence-electron chi connectivity index (χ4n) is 2.71. The summed E-state index contributed by atoms with van der Waals surface area (Å²) >= 11 is 0. The molecule has 0 bridgehead atoms. The molecule has 1 aromatic heterocycles. The quantitative estimate of drug-likeness (QED) is 0.865. The molecule has 1 aliphatic rings. The van der Waals surface area contributed by atoms with Crippen molar-refractivity contribution in [1.82, 2.24) is 4.98 Å². The van der Waals surface area contributed by atoms with Crippen molar-refractivity contribution in [3.8, 4) is 5.75 Å². The number of benzene rings is 1. The molecular formula is C18H21N3O2. The standard InChI is InChI=1S/C18H21N3O2/c1-5-11(2)16-10-17(22)21(20-16)18-12(3)8-13-9-14(23-4)6-7-15(13)19-18/h6-9,11H,5,10H2,1-4H3. The van der Waals surface area contributed by atoms with E-state index in [-0.39, 0.29) is 5.91 Å². The van der Waals surface area contributed by atoms with Crippen LogP contribution >= 0.6 is 0 Å². The number of amides is 1. The Morgan fingerprint density at radius 1 is 1.35 bits per heavy atom. The van der Waals surface area contributed by atoms with E-state index in [4.69, 9.17) is 4.74 Å². The van der Waals surface area contributed by atoms with E-state index in [1.54, 1.807) is 7.11 Å². The Kier molecular flexibility index (Phi) is 4.03. The number of hydrogen-bond donors (Lipinski definition) is 0. The van der Waals surface area contributed by atoms with Gasteiger partial charge < -0.3 is 4.74 Å². The van der Waals surface area contributed by atoms with E-state index in [0.29, 0.717) is 18.2 Å². The topological polar surface area (TPSA) is 54.8 Å². The predicted octanol–water partition coefficient (Wildman–Crippen LogP) is 3.69. The molecule has 0 saturated heterocycles. The normalized spacial score (nSPS) is 15.9. The fraction of sp³-hybridized carbons (Fsp3) is 0.389. The van der Waals surface area contributed by atoms with Crippen LogP contribution in [0, 0.1) is 12.8 Å². The summed E-state index contributed by atoms with van der Waals surface area (Å²) in [7, 11) is 1.64. The zero-order valence-electron chi connectivity index (χ0n) is 14.0. The Balaban J connectivity index is 2.04. The molecule has 1 amide bonds. The number of carbonyl (C=O) groups is 1. The first-order chi connectivity index (χ1) is 11.0. The number of carbonyl (C=O) groups excluding carboxylic acids is 1. The number of hydrazone groups is 1. The van der Waals surface area contributed by atoms with Gasteiger partial charge in [0.2, 0.25) is 0 Å². The minimum Gasteiger partial charge on any atom is -0.497 e. The lowest BCUT2D eigenvalue weighted by Gasteiger charge is -2.15. The van der Waals surface area contributed by atoms with Crippen molar-refractivity contribution >= 4 is 28.3 Å². The van der Waals surface area contributed by atoms with Gasteiger partial charge in [0.1, 0.15) is 5.75 Å². The van der Waals surface area contributed by atoms with Gasteiger partial charge in [-0.15, -0.1) is 0 Å². The lowest BCUT2D eigenvalue weighted by atomic mass is 10.0. The van der Waals surface area contributed by atoms with Crippen molar-refractivity contribution in [1.29, 1.82) is 0 Å². The third-order valence-corrected chi connectivity index (χ3v) is 4.36. The largest absolute Gasteiger partial charge is 0.497 e. The highest BCUT2D eigenvalue weighted by Crippen LogP contribution is 2.29.